The fraction of sp³-hybridized carbons (Fsp3) is 0.571. The number of ether oxygens (including phenoxy) is 1. The first kappa shape index (κ1) is 13.7. The van der Waals surface area contributed by atoms with Crippen molar-refractivity contribution in [1.29, 1.82) is 0 Å². The van der Waals surface area contributed by atoms with Gasteiger partial charge < -0.3 is 4.74 Å². The van der Waals surface area contributed by atoms with Crippen molar-refractivity contribution < 1.29 is 4.74 Å². The standard InChI is InChI=1S/C14H21BrO/c1-11-6-4-5-7-13(11)8-14(9-15)12(2)10-16-3/h4-7,12,14H,8-10H2,1-3H3. The van der Waals surface area contributed by atoms with Gasteiger partial charge in [-0.15, -0.1) is 0 Å². The second-order valence-corrected chi connectivity index (χ2v) is 5.13. The summed E-state index contributed by atoms with van der Waals surface area (Å²) in [7, 11) is 1.77. The van der Waals surface area contributed by atoms with E-state index in [4.69, 9.17) is 4.74 Å². The maximum atomic E-state index is 5.23. The number of hydrogen-bond acceptors (Lipinski definition) is 1. The van der Waals surface area contributed by atoms with E-state index in [1.165, 1.54) is 11.1 Å². The summed E-state index contributed by atoms with van der Waals surface area (Å²) in [4.78, 5) is 0. The zero-order valence-corrected chi connectivity index (χ0v) is 12.0. The summed E-state index contributed by atoms with van der Waals surface area (Å²) >= 11 is 3.61. The second kappa shape index (κ2) is 7.08. The van der Waals surface area contributed by atoms with Gasteiger partial charge in [-0.25, -0.2) is 0 Å². The quantitative estimate of drug-likeness (QED) is 0.722. The van der Waals surface area contributed by atoms with Gasteiger partial charge in [-0.05, 0) is 36.3 Å². The molecule has 0 N–H and O–H groups in total. The van der Waals surface area contributed by atoms with Crippen LogP contribution in [0.1, 0.15) is 18.1 Å². The third kappa shape index (κ3) is 3.91. The van der Waals surface area contributed by atoms with Gasteiger partial charge in [0, 0.05) is 19.0 Å². The Kier molecular flexibility index (Phi) is 6.07. The first-order valence-corrected chi connectivity index (χ1v) is 6.90. The average Bonchev–Trinajstić information content (AvgIpc) is 2.28. The Morgan fingerprint density at radius 1 is 1.31 bits per heavy atom. The molecule has 1 nitrogen and oxygen atoms in total. The van der Waals surface area contributed by atoms with Gasteiger partial charge in [-0.3, -0.25) is 0 Å². The van der Waals surface area contributed by atoms with Crippen molar-refractivity contribution in [1.82, 2.24) is 0 Å². The molecule has 0 saturated heterocycles. The third-order valence-corrected chi connectivity index (χ3v) is 4.01. The van der Waals surface area contributed by atoms with E-state index >= 15 is 0 Å². The van der Waals surface area contributed by atoms with E-state index in [0.717, 1.165) is 18.4 Å². The van der Waals surface area contributed by atoms with E-state index in [-0.39, 0.29) is 0 Å². The van der Waals surface area contributed by atoms with Gasteiger partial charge in [0.05, 0.1) is 0 Å². The summed E-state index contributed by atoms with van der Waals surface area (Å²) < 4.78 is 5.23. The lowest BCUT2D eigenvalue weighted by atomic mass is 9.89. The number of hydrogen-bond donors (Lipinski definition) is 0. The molecule has 0 amide bonds. The first-order chi connectivity index (χ1) is 7.69. The van der Waals surface area contributed by atoms with E-state index < -0.39 is 0 Å². The van der Waals surface area contributed by atoms with Gasteiger partial charge in [-0.2, -0.15) is 0 Å². The van der Waals surface area contributed by atoms with E-state index in [1.54, 1.807) is 7.11 Å². The molecule has 2 atom stereocenters. The molecule has 16 heavy (non-hydrogen) atoms. The van der Waals surface area contributed by atoms with Gasteiger partial charge in [0.2, 0.25) is 0 Å². The van der Waals surface area contributed by atoms with Crippen LogP contribution in [0.5, 0.6) is 0 Å². The van der Waals surface area contributed by atoms with Crippen molar-refractivity contribution in [3.63, 3.8) is 0 Å². The number of halogens is 1. The van der Waals surface area contributed by atoms with Crippen LogP contribution in [0.3, 0.4) is 0 Å². The maximum Gasteiger partial charge on any atom is 0.0490 e. The van der Waals surface area contributed by atoms with Crippen molar-refractivity contribution in [2.24, 2.45) is 11.8 Å². The Labute approximate surface area is 107 Å². The van der Waals surface area contributed by atoms with Crippen LogP contribution >= 0.6 is 15.9 Å². The van der Waals surface area contributed by atoms with Gasteiger partial charge in [0.25, 0.3) is 0 Å². The topological polar surface area (TPSA) is 9.23 Å². The molecule has 0 saturated carbocycles. The highest BCUT2D eigenvalue weighted by Crippen LogP contribution is 2.21. The molecule has 0 spiro atoms. The summed E-state index contributed by atoms with van der Waals surface area (Å²) in [6.07, 6.45) is 1.13. The van der Waals surface area contributed by atoms with Crippen molar-refractivity contribution in [2.45, 2.75) is 20.3 Å². The predicted octanol–water partition coefficient (Wildman–Crippen LogP) is 3.83. The van der Waals surface area contributed by atoms with Crippen molar-refractivity contribution in [3.8, 4) is 0 Å². The minimum absolute atomic E-state index is 0.587. The molecule has 0 aliphatic rings. The highest BCUT2D eigenvalue weighted by molar-refractivity contribution is 9.09. The molecule has 2 unspecified atom stereocenters. The van der Waals surface area contributed by atoms with Crippen LogP contribution in [-0.2, 0) is 11.2 Å². The second-order valence-electron chi connectivity index (χ2n) is 4.48. The van der Waals surface area contributed by atoms with E-state index in [2.05, 4.69) is 54.0 Å². The molecule has 90 valence electrons. The molecule has 1 aromatic rings. The largest absolute Gasteiger partial charge is 0.384 e. The lowest BCUT2D eigenvalue weighted by molar-refractivity contribution is 0.135. The van der Waals surface area contributed by atoms with E-state index in [1.807, 2.05) is 0 Å². The van der Waals surface area contributed by atoms with Gasteiger partial charge in [0.15, 0.2) is 0 Å². The number of methoxy groups -OCH3 is 1. The molecule has 0 radical (unpaired) electrons. The molecule has 0 aliphatic carbocycles. The summed E-state index contributed by atoms with van der Waals surface area (Å²) in [5, 5.41) is 1.03. The molecule has 0 bridgehead atoms. The van der Waals surface area contributed by atoms with Crippen LogP contribution in [-0.4, -0.2) is 19.0 Å². The number of alkyl halides is 1. The Morgan fingerprint density at radius 3 is 2.56 bits per heavy atom. The lowest BCUT2D eigenvalue weighted by Crippen LogP contribution is -2.20. The molecule has 0 fully saturated rings. The fourth-order valence-corrected chi connectivity index (χ4v) is 2.80. The predicted molar refractivity (Wildman–Crippen MR) is 73.2 cm³/mol. The Hall–Kier alpha value is -0.340. The van der Waals surface area contributed by atoms with Crippen LogP contribution < -0.4 is 0 Å². The van der Waals surface area contributed by atoms with Crippen LogP contribution in [0, 0.1) is 18.8 Å². The van der Waals surface area contributed by atoms with Gasteiger partial charge >= 0.3 is 0 Å². The smallest absolute Gasteiger partial charge is 0.0490 e. The lowest BCUT2D eigenvalue weighted by Gasteiger charge is -2.22. The molecule has 0 aliphatic heterocycles. The minimum atomic E-state index is 0.587. The van der Waals surface area contributed by atoms with E-state index in [0.29, 0.717) is 11.8 Å². The van der Waals surface area contributed by atoms with Crippen molar-refractivity contribution >= 4 is 15.9 Å². The SMILES string of the molecule is COCC(C)C(CBr)Cc1ccccc1C. The highest BCUT2D eigenvalue weighted by atomic mass is 79.9. The molecular formula is C14H21BrO. The van der Waals surface area contributed by atoms with Crippen LogP contribution in [0.2, 0.25) is 0 Å². The maximum absolute atomic E-state index is 5.23. The zero-order chi connectivity index (χ0) is 12.0. The van der Waals surface area contributed by atoms with Crippen LogP contribution in [0.15, 0.2) is 24.3 Å². The summed E-state index contributed by atoms with van der Waals surface area (Å²) in [6.45, 7) is 5.28. The number of benzene rings is 1. The summed E-state index contributed by atoms with van der Waals surface area (Å²) in [5.74, 6) is 1.23. The normalized spacial score (nSPS) is 14.8. The van der Waals surface area contributed by atoms with Gasteiger partial charge in [-0.1, -0.05) is 47.1 Å². The molecule has 0 heterocycles. The number of rotatable bonds is 6. The summed E-state index contributed by atoms with van der Waals surface area (Å²) in [5.41, 5.74) is 2.84. The highest BCUT2D eigenvalue weighted by Gasteiger charge is 2.17. The monoisotopic (exact) mass is 284 g/mol. The molecule has 1 rings (SSSR count). The minimum Gasteiger partial charge on any atom is -0.384 e. The molecule has 0 aromatic heterocycles. The first-order valence-electron chi connectivity index (χ1n) is 5.78. The third-order valence-electron chi connectivity index (χ3n) is 3.18. The molecule has 2 heteroatoms. The Morgan fingerprint density at radius 2 is 2.00 bits per heavy atom. The van der Waals surface area contributed by atoms with Crippen molar-refractivity contribution in [2.75, 3.05) is 19.0 Å². The van der Waals surface area contributed by atoms with Crippen LogP contribution in [0.4, 0.5) is 0 Å². The Balaban J connectivity index is 2.66. The molecular weight excluding hydrogens is 264 g/mol. The fourth-order valence-electron chi connectivity index (χ4n) is 1.93. The zero-order valence-electron chi connectivity index (χ0n) is 10.4. The van der Waals surface area contributed by atoms with Crippen LogP contribution in [0.25, 0.3) is 0 Å². The number of aryl methyl sites for hydroxylation is 1. The van der Waals surface area contributed by atoms with E-state index in [9.17, 15) is 0 Å². The van der Waals surface area contributed by atoms with Gasteiger partial charge in [0.1, 0.15) is 0 Å². The molecule has 1 aromatic carbocycles. The Bertz CT molecular complexity index is 311. The van der Waals surface area contributed by atoms with Crippen molar-refractivity contribution in [3.05, 3.63) is 35.4 Å². The average molecular weight is 285 g/mol. The summed E-state index contributed by atoms with van der Waals surface area (Å²) in [6, 6.07) is 8.63.